The lowest BCUT2D eigenvalue weighted by molar-refractivity contribution is -0.159. The fraction of sp³-hybridized carbons (Fsp3) is 0.462. The van der Waals surface area contributed by atoms with Crippen molar-refractivity contribution in [2.45, 2.75) is 52.7 Å². The minimum Gasteiger partial charge on any atom is -0.473 e. The first-order valence-electron chi connectivity index (χ1n) is 12.0. The summed E-state index contributed by atoms with van der Waals surface area (Å²) in [5, 5.41) is 20.2. The van der Waals surface area contributed by atoms with Crippen LogP contribution < -0.4 is 5.32 Å². The first-order valence-corrected chi connectivity index (χ1v) is 12.8. The second-order valence-electron chi connectivity index (χ2n) is 8.96. The number of carbonyl (C=O) groups is 4. The van der Waals surface area contributed by atoms with Gasteiger partial charge in [-0.05, 0) is 37.8 Å². The van der Waals surface area contributed by atoms with Gasteiger partial charge in [0.15, 0.2) is 0 Å². The highest BCUT2D eigenvalue weighted by Gasteiger charge is 2.26. The molecular formula is C26H34N2O8S. The number of morpholine rings is 1. The van der Waals surface area contributed by atoms with Gasteiger partial charge in [0.05, 0.1) is 25.4 Å². The third kappa shape index (κ3) is 8.96. The van der Waals surface area contributed by atoms with Crippen molar-refractivity contribution in [2.24, 2.45) is 0 Å². The van der Waals surface area contributed by atoms with Crippen molar-refractivity contribution in [1.29, 1.82) is 0 Å². The number of hydrogen-bond donors (Lipinski definition) is 3. The van der Waals surface area contributed by atoms with E-state index in [1.165, 1.54) is 16.9 Å². The van der Waals surface area contributed by atoms with Gasteiger partial charge in [-0.3, -0.25) is 9.69 Å². The van der Waals surface area contributed by atoms with Crippen LogP contribution in [0, 0.1) is 0 Å². The molecule has 2 aromatic rings. The minimum atomic E-state index is -1.82. The van der Waals surface area contributed by atoms with Crippen LogP contribution in [0.25, 0.3) is 11.1 Å². The highest BCUT2D eigenvalue weighted by atomic mass is 32.1. The van der Waals surface area contributed by atoms with E-state index in [0.29, 0.717) is 29.6 Å². The molecule has 1 fully saturated rings. The van der Waals surface area contributed by atoms with E-state index in [9.17, 15) is 9.59 Å². The van der Waals surface area contributed by atoms with Gasteiger partial charge in [-0.1, -0.05) is 38.1 Å². The Morgan fingerprint density at radius 1 is 1.08 bits per heavy atom. The largest absolute Gasteiger partial charge is 0.473 e. The molecular weight excluding hydrogens is 500 g/mol. The summed E-state index contributed by atoms with van der Waals surface area (Å²) in [5.74, 6) is -3.78. The number of thiophene rings is 1. The monoisotopic (exact) mass is 534 g/mol. The number of anilines is 1. The molecule has 1 amide bonds. The molecule has 37 heavy (non-hydrogen) atoms. The number of amides is 1. The molecule has 1 aromatic heterocycles. The smallest absolute Gasteiger partial charge is 0.414 e. The zero-order valence-corrected chi connectivity index (χ0v) is 22.5. The molecule has 202 valence electrons. The number of aliphatic carboxylic acids is 2. The summed E-state index contributed by atoms with van der Waals surface area (Å²) in [7, 11) is 0. The Hall–Kier alpha value is -3.28. The molecule has 2 heterocycles. The topological polar surface area (TPSA) is 142 Å². The van der Waals surface area contributed by atoms with Crippen LogP contribution in [0.4, 0.5) is 5.00 Å². The summed E-state index contributed by atoms with van der Waals surface area (Å²) in [6.07, 6.45) is 0.183. The number of ether oxygens (including phenoxy) is 2. The van der Waals surface area contributed by atoms with Crippen molar-refractivity contribution in [1.82, 2.24) is 4.90 Å². The number of carboxylic acid groups (broad SMARTS) is 2. The van der Waals surface area contributed by atoms with Crippen LogP contribution >= 0.6 is 11.3 Å². The van der Waals surface area contributed by atoms with Crippen LogP contribution in [0.1, 0.15) is 56.5 Å². The molecule has 10 nitrogen and oxygen atoms in total. The van der Waals surface area contributed by atoms with Crippen LogP contribution in [0.5, 0.6) is 0 Å². The predicted molar refractivity (Wildman–Crippen MR) is 140 cm³/mol. The number of nitrogens with one attached hydrogen (secondary N) is 1. The SMILES string of the molecule is CCOC(=O)c1c(-c2ccc(C(C)C)cc2)csc1NC(=O)CN1CC(C)OC(C)C1.O=C(O)C(=O)O. The van der Waals surface area contributed by atoms with E-state index in [1.807, 2.05) is 31.4 Å². The van der Waals surface area contributed by atoms with E-state index in [1.54, 1.807) is 6.92 Å². The van der Waals surface area contributed by atoms with Crippen LogP contribution in [0.3, 0.4) is 0 Å². The number of benzene rings is 1. The average molecular weight is 535 g/mol. The number of nitrogens with zero attached hydrogens (tertiary/aromatic N) is 1. The Labute approximate surface area is 220 Å². The van der Waals surface area contributed by atoms with Crippen molar-refractivity contribution >= 4 is 40.2 Å². The molecule has 1 saturated heterocycles. The molecule has 2 unspecified atom stereocenters. The lowest BCUT2D eigenvalue weighted by atomic mass is 9.98. The second kappa shape index (κ2) is 13.9. The number of carbonyl (C=O) groups excluding carboxylic acids is 2. The first-order chi connectivity index (χ1) is 17.4. The Morgan fingerprint density at radius 2 is 1.65 bits per heavy atom. The maximum atomic E-state index is 12.8. The van der Waals surface area contributed by atoms with Crippen LogP contribution in [-0.2, 0) is 23.9 Å². The Kier molecular flexibility index (Phi) is 11.2. The van der Waals surface area contributed by atoms with Crippen LogP contribution in [-0.4, -0.2) is 77.4 Å². The second-order valence-corrected chi connectivity index (χ2v) is 9.84. The summed E-state index contributed by atoms with van der Waals surface area (Å²) in [6, 6.07) is 8.18. The van der Waals surface area contributed by atoms with Gasteiger partial charge >= 0.3 is 17.9 Å². The lowest BCUT2D eigenvalue weighted by Crippen LogP contribution is -2.48. The standard InChI is InChI=1S/C24H32N2O4S.C2H2O4/c1-6-29-24(28)22-20(19-9-7-18(8-10-19)15(2)3)14-31-23(22)25-21(27)13-26-11-16(4)30-17(5)12-26;3-1(4)2(5)6/h7-10,14-17H,6,11-13H2,1-5H3,(H,25,27);(H,3,4)(H,5,6). The quantitative estimate of drug-likeness (QED) is 0.356. The van der Waals surface area contributed by atoms with E-state index in [2.05, 4.69) is 36.2 Å². The van der Waals surface area contributed by atoms with Gasteiger partial charge in [0.25, 0.3) is 0 Å². The van der Waals surface area contributed by atoms with Gasteiger partial charge in [-0.25, -0.2) is 14.4 Å². The molecule has 11 heteroatoms. The summed E-state index contributed by atoms with van der Waals surface area (Å²) >= 11 is 1.35. The van der Waals surface area contributed by atoms with Crippen molar-refractivity contribution in [2.75, 3.05) is 31.6 Å². The number of hydrogen-bond acceptors (Lipinski definition) is 8. The van der Waals surface area contributed by atoms with E-state index in [4.69, 9.17) is 29.3 Å². The Morgan fingerprint density at radius 3 is 2.14 bits per heavy atom. The minimum absolute atomic E-state index is 0.0915. The maximum Gasteiger partial charge on any atom is 0.414 e. The normalized spacial score (nSPS) is 17.5. The molecule has 0 bridgehead atoms. The van der Waals surface area contributed by atoms with E-state index < -0.39 is 17.9 Å². The van der Waals surface area contributed by atoms with E-state index >= 15 is 0 Å². The summed E-state index contributed by atoms with van der Waals surface area (Å²) < 4.78 is 11.0. The molecule has 3 N–H and O–H groups in total. The van der Waals surface area contributed by atoms with E-state index in [0.717, 1.165) is 11.1 Å². The third-order valence-electron chi connectivity index (χ3n) is 5.46. The summed E-state index contributed by atoms with van der Waals surface area (Å²) in [6.45, 7) is 12.0. The Bertz CT molecular complexity index is 1070. The highest BCUT2D eigenvalue weighted by Crippen LogP contribution is 2.36. The molecule has 0 spiro atoms. The Balaban J connectivity index is 0.000000717. The molecule has 0 radical (unpaired) electrons. The molecule has 0 aliphatic carbocycles. The molecule has 1 aliphatic rings. The summed E-state index contributed by atoms with van der Waals surface area (Å²) in [4.78, 5) is 45.8. The molecule has 1 aromatic carbocycles. The molecule has 1 aliphatic heterocycles. The fourth-order valence-corrected chi connectivity index (χ4v) is 4.87. The first kappa shape index (κ1) is 29.9. The van der Waals surface area contributed by atoms with Gasteiger partial charge in [0.2, 0.25) is 5.91 Å². The summed E-state index contributed by atoms with van der Waals surface area (Å²) in [5.41, 5.74) is 3.36. The van der Waals surface area contributed by atoms with Crippen molar-refractivity contribution in [3.63, 3.8) is 0 Å². The third-order valence-corrected chi connectivity index (χ3v) is 6.35. The van der Waals surface area contributed by atoms with Gasteiger partial charge < -0.3 is 25.0 Å². The maximum absolute atomic E-state index is 12.8. The molecule has 0 saturated carbocycles. The van der Waals surface area contributed by atoms with Crippen LogP contribution in [0.15, 0.2) is 29.6 Å². The number of rotatable bonds is 7. The lowest BCUT2D eigenvalue weighted by Gasteiger charge is -2.34. The average Bonchev–Trinajstić information content (AvgIpc) is 3.22. The predicted octanol–water partition coefficient (Wildman–Crippen LogP) is 3.92. The van der Waals surface area contributed by atoms with Gasteiger partial charge in [-0.15, -0.1) is 11.3 Å². The van der Waals surface area contributed by atoms with E-state index in [-0.39, 0.29) is 31.3 Å². The van der Waals surface area contributed by atoms with Gasteiger partial charge in [0, 0.05) is 24.0 Å². The fourth-order valence-electron chi connectivity index (χ4n) is 3.90. The van der Waals surface area contributed by atoms with Crippen LogP contribution in [0.2, 0.25) is 0 Å². The molecule has 3 rings (SSSR count). The highest BCUT2D eigenvalue weighted by molar-refractivity contribution is 7.15. The van der Waals surface area contributed by atoms with Gasteiger partial charge in [0.1, 0.15) is 10.6 Å². The van der Waals surface area contributed by atoms with Crippen molar-refractivity contribution in [3.05, 3.63) is 40.8 Å². The van der Waals surface area contributed by atoms with Crippen molar-refractivity contribution < 1.29 is 38.9 Å². The zero-order valence-electron chi connectivity index (χ0n) is 21.6. The van der Waals surface area contributed by atoms with Crippen molar-refractivity contribution in [3.8, 4) is 11.1 Å². The van der Waals surface area contributed by atoms with Gasteiger partial charge in [-0.2, -0.15) is 0 Å². The zero-order chi connectivity index (χ0) is 27.7. The number of carboxylic acids is 2. The molecule has 2 atom stereocenters. The number of esters is 1.